The molecule has 1 aliphatic rings. The molecule has 0 bridgehead atoms. The molecule has 2 N–H and O–H groups in total. The van der Waals surface area contributed by atoms with Crippen LogP contribution in [0.25, 0.3) is 0 Å². The molecule has 1 aliphatic carbocycles. The SMILES string of the molecule is NCC1CC1(c1ccccc1)c1ccccc1. The third-order valence-corrected chi connectivity index (χ3v) is 3.97. The Morgan fingerprint density at radius 3 is 1.71 bits per heavy atom. The van der Waals surface area contributed by atoms with E-state index in [-0.39, 0.29) is 5.41 Å². The van der Waals surface area contributed by atoms with E-state index >= 15 is 0 Å². The van der Waals surface area contributed by atoms with Gasteiger partial charge in [-0.1, -0.05) is 60.7 Å². The monoisotopic (exact) mass is 223 g/mol. The van der Waals surface area contributed by atoms with Gasteiger partial charge in [0.2, 0.25) is 0 Å². The lowest BCUT2D eigenvalue weighted by molar-refractivity contribution is 0.703. The molecule has 1 saturated carbocycles. The minimum absolute atomic E-state index is 0.178. The van der Waals surface area contributed by atoms with Crippen LogP contribution in [-0.2, 0) is 5.41 Å². The Hall–Kier alpha value is -1.60. The highest BCUT2D eigenvalue weighted by Gasteiger charge is 2.55. The molecule has 1 unspecified atom stereocenters. The van der Waals surface area contributed by atoms with Gasteiger partial charge in [0.25, 0.3) is 0 Å². The summed E-state index contributed by atoms with van der Waals surface area (Å²) in [6.45, 7) is 0.768. The van der Waals surface area contributed by atoms with E-state index in [1.807, 2.05) is 0 Å². The quantitative estimate of drug-likeness (QED) is 0.850. The zero-order valence-electron chi connectivity index (χ0n) is 9.84. The van der Waals surface area contributed by atoms with Crippen molar-refractivity contribution in [3.63, 3.8) is 0 Å². The Morgan fingerprint density at radius 2 is 1.35 bits per heavy atom. The van der Waals surface area contributed by atoms with E-state index in [1.165, 1.54) is 17.5 Å². The van der Waals surface area contributed by atoms with Crippen molar-refractivity contribution in [2.75, 3.05) is 6.54 Å². The van der Waals surface area contributed by atoms with E-state index in [2.05, 4.69) is 60.7 Å². The van der Waals surface area contributed by atoms with Crippen LogP contribution < -0.4 is 5.73 Å². The predicted molar refractivity (Wildman–Crippen MR) is 70.8 cm³/mol. The van der Waals surface area contributed by atoms with E-state index in [9.17, 15) is 0 Å². The topological polar surface area (TPSA) is 26.0 Å². The molecule has 0 spiro atoms. The van der Waals surface area contributed by atoms with Crippen LogP contribution in [0.3, 0.4) is 0 Å². The molecule has 0 radical (unpaired) electrons. The third-order valence-electron chi connectivity index (χ3n) is 3.97. The Bertz CT molecular complexity index is 450. The first-order valence-corrected chi connectivity index (χ1v) is 6.19. The smallest absolute Gasteiger partial charge is 0.0247 e. The molecule has 0 aromatic heterocycles. The summed E-state index contributed by atoms with van der Waals surface area (Å²) in [7, 11) is 0. The van der Waals surface area contributed by atoms with E-state index in [0.717, 1.165) is 6.54 Å². The molecule has 0 saturated heterocycles. The van der Waals surface area contributed by atoms with Gasteiger partial charge >= 0.3 is 0 Å². The highest BCUT2D eigenvalue weighted by Crippen LogP contribution is 2.58. The molecule has 2 aromatic rings. The molecular weight excluding hydrogens is 206 g/mol. The van der Waals surface area contributed by atoms with E-state index in [4.69, 9.17) is 5.73 Å². The fraction of sp³-hybridized carbons (Fsp3) is 0.250. The molecule has 0 aliphatic heterocycles. The van der Waals surface area contributed by atoms with Crippen LogP contribution >= 0.6 is 0 Å². The van der Waals surface area contributed by atoms with Crippen molar-refractivity contribution in [3.05, 3.63) is 71.8 Å². The molecule has 1 nitrogen and oxygen atoms in total. The summed E-state index contributed by atoms with van der Waals surface area (Å²) >= 11 is 0. The summed E-state index contributed by atoms with van der Waals surface area (Å²) < 4.78 is 0. The van der Waals surface area contributed by atoms with Gasteiger partial charge in [0.15, 0.2) is 0 Å². The molecule has 2 aromatic carbocycles. The fourth-order valence-electron chi connectivity index (χ4n) is 2.96. The van der Waals surface area contributed by atoms with Crippen molar-refractivity contribution in [2.45, 2.75) is 11.8 Å². The molecular formula is C16H17N. The van der Waals surface area contributed by atoms with Crippen LogP contribution in [0.15, 0.2) is 60.7 Å². The molecule has 17 heavy (non-hydrogen) atoms. The Kier molecular flexibility index (Phi) is 2.49. The Morgan fingerprint density at radius 1 is 0.882 bits per heavy atom. The van der Waals surface area contributed by atoms with Crippen molar-refractivity contribution >= 4 is 0 Å². The summed E-state index contributed by atoms with van der Waals surface area (Å²) in [5.41, 5.74) is 8.87. The maximum atomic E-state index is 5.88. The largest absolute Gasteiger partial charge is 0.330 e. The number of benzene rings is 2. The second-order valence-electron chi connectivity index (χ2n) is 4.84. The van der Waals surface area contributed by atoms with Crippen LogP contribution in [0, 0.1) is 5.92 Å². The predicted octanol–water partition coefficient (Wildman–Crippen LogP) is 2.95. The average molecular weight is 223 g/mol. The lowest BCUT2D eigenvalue weighted by Gasteiger charge is -2.18. The van der Waals surface area contributed by atoms with Crippen molar-refractivity contribution < 1.29 is 0 Å². The minimum atomic E-state index is 0.178. The van der Waals surface area contributed by atoms with Crippen molar-refractivity contribution in [2.24, 2.45) is 11.7 Å². The van der Waals surface area contributed by atoms with E-state index in [0.29, 0.717) is 5.92 Å². The number of hydrogen-bond acceptors (Lipinski definition) is 1. The zero-order valence-corrected chi connectivity index (χ0v) is 9.84. The van der Waals surface area contributed by atoms with Gasteiger partial charge < -0.3 is 5.73 Å². The molecule has 1 fully saturated rings. The zero-order chi connectivity index (χ0) is 11.7. The Labute approximate surface area is 102 Å². The second kappa shape index (κ2) is 4.01. The third kappa shape index (κ3) is 1.58. The molecule has 1 atom stereocenters. The lowest BCUT2D eigenvalue weighted by Crippen LogP contribution is -2.16. The number of nitrogens with two attached hydrogens (primary N) is 1. The van der Waals surface area contributed by atoms with Gasteiger partial charge in [-0.25, -0.2) is 0 Å². The van der Waals surface area contributed by atoms with Crippen LogP contribution in [-0.4, -0.2) is 6.54 Å². The van der Waals surface area contributed by atoms with Crippen LogP contribution in [0.1, 0.15) is 17.5 Å². The van der Waals surface area contributed by atoms with Crippen LogP contribution in [0.5, 0.6) is 0 Å². The normalized spacial score (nSPS) is 21.1. The Balaban J connectivity index is 2.08. The summed E-state index contributed by atoms with van der Waals surface area (Å²) in [5.74, 6) is 0.590. The van der Waals surface area contributed by atoms with Crippen molar-refractivity contribution in [3.8, 4) is 0 Å². The summed E-state index contributed by atoms with van der Waals surface area (Å²) in [5, 5.41) is 0. The van der Waals surface area contributed by atoms with Crippen molar-refractivity contribution in [1.29, 1.82) is 0 Å². The van der Waals surface area contributed by atoms with Gasteiger partial charge in [0, 0.05) is 5.41 Å². The minimum Gasteiger partial charge on any atom is -0.330 e. The highest BCUT2D eigenvalue weighted by atomic mass is 14.7. The molecule has 1 heteroatoms. The fourth-order valence-corrected chi connectivity index (χ4v) is 2.96. The molecule has 0 heterocycles. The summed E-state index contributed by atoms with van der Waals surface area (Å²) in [6, 6.07) is 21.5. The standard InChI is InChI=1S/C16H17N/c17-12-15-11-16(15,13-7-3-1-4-8-13)14-9-5-2-6-10-14/h1-10,15H,11-12,17H2. The van der Waals surface area contributed by atoms with E-state index < -0.39 is 0 Å². The number of rotatable bonds is 3. The highest BCUT2D eigenvalue weighted by molar-refractivity contribution is 5.47. The summed E-state index contributed by atoms with van der Waals surface area (Å²) in [6.07, 6.45) is 1.18. The molecule has 3 rings (SSSR count). The first kappa shape index (κ1) is 10.5. The molecule has 0 amide bonds. The van der Waals surface area contributed by atoms with Crippen molar-refractivity contribution in [1.82, 2.24) is 0 Å². The number of hydrogen-bond donors (Lipinski definition) is 1. The van der Waals surface area contributed by atoms with Crippen LogP contribution in [0.4, 0.5) is 0 Å². The van der Waals surface area contributed by atoms with Gasteiger partial charge in [-0.3, -0.25) is 0 Å². The average Bonchev–Trinajstić information content (AvgIpc) is 3.17. The second-order valence-corrected chi connectivity index (χ2v) is 4.84. The molecule has 86 valence electrons. The van der Waals surface area contributed by atoms with Crippen LogP contribution in [0.2, 0.25) is 0 Å². The maximum absolute atomic E-state index is 5.88. The first-order valence-electron chi connectivity index (χ1n) is 6.19. The lowest BCUT2D eigenvalue weighted by atomic mass is 9.86. The summed E-state index contributed by atoms with van der Waals surface area (Å²) in [4.78, 5) is 0. The first-order chi connectivity index (χ1) is 8.38. The van der Waals surface area contributed by atoms with Gasteiger partial charge in [0.05, 0.1) is 0 Å². The van der Waals surface area contributed by atoms with Gasteiger partial charge in [0.1, 0.15) is 0 Å². The van der Waals surface area contributed by atoms with E-state index in [1.54, 1.807) is 0 Å². The maximum Gasteiger partial charge on any atom is 0.0247 e. The van der Waals surface area contributed by atoms with Gasteiger partial charge in [-0.05, 0) is 30.0 Å². The van der Waals surface area contributed by atoms with Gasteiger partial charge in [-0.2, -0.15) is 0 Å². The van der Waals surface area contributed by atoms with Gasteiger partial charge in [-0.15, -0.1) is 0 Å².